The summed E-state index contributed by atoms with van der Waals surface area (Å²) in [5, 5.41) is 15.2. The second-order valence-corrected chi connectivity index (χ2v) is 7.26. The molecule has 0 aromatic heterocycles. The number of benzene rings is 1. The zero-order valence-electron chi connectivity index (χ0n) is 15.0. The van der Waals surface area contributed by atoms with E-state index in [0.717, 1.165) is 38.2 Å². The minimum absolute atomic E-state index is 0.0444. The highest BCUT2D eigenvalue weighted by Crippen LogP contribution is 2.27. The van der Waals surface area contributed by atoms with E-state index >= 15 is 0 Å². The van der Waals surface area contributed by atoms with Crippen molar-refractivity contribution in [2.45, 2.75) is 44.2 Å². The Balaban J connectivity index is 1.42. The lowest BCUT2D eigenvalue weighted by molar-refractivity contribution is -0.130. The Labute approximate surface area is 156 Å². The van der Waals surface area contributed by atoms with E-state index < -0.39 is 17.5 Å². The smallest absolute Gasteiger partial charge is 0.237 e. The van der Waals surface area contributed by atoms with Crippen LogP contribution in [0.5, 0.6) is 0 Å². The monoisotopic (exact) mass is 380 g/mol. The molecular weight excluding hydrogens is 357 g/mol. The van der Waals surface area contributed by atoms with Crippen LogP contribution in [-0.2, 0) is 4.79 Å². The van der Waals surface area contributed by atoms with Crippen LogP contribution >= 0.6 is 0 Å². The number of nitrogens with zero attached hydrogens (tertiary/aromatic N) is 2. The summed E-state index contributed by atoms with van der Waals surface area (Å²) < 4.78 is 39.8. The number of hydrogen-bond donors (Lipinski definition) is 2. The maximum atomic E-state index is 13.7. The number of nitriles is 1. The lowest BCUT2D eigenvalue weighted by Crippen LogP contribution is -2.43. The summed E-state index contributed by atoms with van der Waals surface area (Å²) in [6, 6.07) is 3.39. The number of carbonyl (C=O) groups excluding carboxylic acids is 1. The van der Waals surface area contributed by atoms with Crippen LogP contribution in [0.25, 0.3) is 0 Å². The summed E-state index contributed by atoms with van der Waals surface area (Å²) in [4.78, 5) is 13.9. The second kappa shape index (κ2) is 8.61. The first-order valence-corrected chi connectivity index (χ1v) is 9.28. The van der Waals surface area contributed by atoms with Crippen molar-refractivity contribution in [3.05, 3.63) is 29.6 Å². The van der Waals surface area contributed by atoms with E-state index in [9.17, 15) is 18.0 Å². The van der Waals surface area contributed by atoms with Gasteiger partial charge in [-0.15, -0.1) is 0 Å². The number of amides is 1. The maximum Gasteiger partial charge on any atom is 0.237 e. The molecule has 1 aliphatic heterocycles. The predicted molar refractivity (Wildman–Crippen MR) is 94.3 cm³/mol. The van der Waals surface area contributed by atoms with Gasteiger partial charge in [0.05, 0.1) is 18.3 Å². The summed E-state index contributed by atoms with van der Waals surface area (Å²) in [6.07, 6.45) is 4.20. The van der Waals surface area contributed by atoms with Gasteiger partial charge in [-0.1, -0.05) is 0 Å². The summed E-state index contributed by atoms with van der Waals surface area (Å²) in [6.45, 7) is 1.30. The average Bonchev–Trinajstić information content (AvgIpc) is 3.30. The molecule has 2 aliphatic rings. The van der Waals surface area contributed by atoms with E-state index in [1.54, 1.807) is 4.90 Å². The van der Waals surface area contributed by atoms with Gasteiger partial charge in [0.15, 0.2) is 11.6 Å². The number of anilines is 1. The predicted octanol–water partition coefficient (Wildman–Crippen LogP) is 2.79. The van der Waals surface area contributed by atoms with Crippen LogP contribution in [-0.4, -0.2) is 42.5 Å². The molecule has 1 amide bonds. The van der Waals surface area contributed by atoms with Crippen LogP contribution in [0.15, 0.2) is 12.1 Å². The molecule has 2 fully saturated rings. The molecule has 0 bridgehead atoms. The van der Waals surface area contributed by atoms with Gasteiger partial charge in [0, 0.05) is 31.3 Å². The Hall–Kier alpha value is -2.27. The molecule has 8 heteroatoms. The van der Waals surface area contributed by atoms with Gasteiger partial charge >= 0.3 is 0 Å². The minimum atomic E-state index is -1.20. The molecule has 0 radical (unpaired) electrons. The van der Waals surface area contributed by atoms with Crippen molar-refractivity contribution < 1.29 is 18.0 Å². The first-order chi connectivity index (χ1) is 13.0. The highest BCUT2D eigenvalue weighted by Gasteiger charge is 2.30. The fraction of sp³-hybridized carbons (Fsp3) is 0.579. The Kier molecular flexibility index (Phi) is 6.22. The van der Waals surface area contributed by atoms with Gasteiger partial charge in [-0.3, -0.25) is 4.79 Å². The fourth-order valence-electron chi connectivity index (χ4n) is 3.89. The average molecular weight is 380 g/mol. The van der Waals surface area contributed by atoms with E-state index in [1.807, 2.05) is 0 Å². The topological polar surface area (TPSA) is 68.2 Å². The molecular formula is C19H23F3N4O. The van der Waals surface area contributed by atoms with Crippen molar-refractivity contribution in [1.82, 2.24) is 10.2 Å². The molecule has 1 saturated heterocycles. The van der Waals surface area contributed by atoms with Gasteiger partial charge in [-0.05, 0) is 38.0 Å². The molecule has 27 heavy (non-hydrogen) atoms. The number of carbonyl (C=O) groups is 1. The van der Waals surface area contributed by atoms with E-state index in [4.69, 9.17) is 5.26 Å². The van der Waals surface area contributed by atoms with Gasteiger partial charge in [0.25, 0.3) is 0 Å². The SMILES string of the molecule is N#C[C@@H]1CCCN1C(=O)CNC1CCC(CNc2cc(F)c(F)cc2F)C1. The molecule has 146 valence electrons. The van der Waals surface area contributed by atoms with E-state index in [-0.39, 0.29) is 36.1 Å². The van der Waals surface area contributed by atoms with Crippen molar-refractivity contribution in [1.29, 1.82) is 5.26 Å². The Bertz CT molecular complexity index is 736. The Morgan fingerprint density at radius 3 is 2.74 bits per heavy atom. The van der Waals surface area contributed by atoms with Crippen LogP contribution in [0.4, 0.5) is 18.9 Å². The van der Waals surface area contributed by atoms with E-state index in [0.29, 0.717) is 19.2 Å². The number of halogens is 3. The summed E-state index contributed by atoms with van der Waals surface area (Å²) in [7, 11) is 0. The van der Waals surface area contributed by atoms with Gasteiger partial charge in [0.1, 0.15) is 11.9 Å². The quantitative estimate of drug-likeness (QED) is 0.745. The van der Waals surface area contributed by atoms with Crippen molar-refractivity contribution in [3.63, 3.8) is 0 Å². The van der Waals surface area contributed by atoms with Crippen LogP contribution in [0.3, 0.4) is 0 Å². The van der Waals surface area contributed by atoms with Crippen LogP contribution in [0.1, 0.15) is 32.1 Å². The highest BCUT2D eigenvalue weighted by atomic mass is 19.2. The van der Waals surface area contributed by atoms with Crippen LogP contribution in [0, 0.1) is 34.7 Å². The number of hydrogen-bond acceptors (Lipinski definition) is 4. The molecule has 2 N–H and O–H groups in total. The molecule has 5 nitrogen and oxygen atoms in total. The van der Waals surface area contributed by atoms with Crippen molar-refractivity contribution >= 4 is 11.6 Å². The first kappa shape index (κ1) is 19.5. The molecule has 1 aliphatic carbocycles. The molecule has 1 heterocycles. The van der Waals surface area contributed by atoms with Crippen molar-refractivity contribution in [2.24, 2.45) is 5.92 Å². The van der Waals surface area contributed by atoms with Gasteiger partial charge in [-0.25, -0.2) is 13.2 Å². The number of likely N-dealkylation sites (tertiary alicyclic amines) is 1. The van der Waals surface area contributed by atoms with Crippen molar-refractivity contribution in [3.8, 4) is 6.07 Å². The zero-order valence-corrected chi connectivity index (χ0v) is 15.0. The van der Waals surface area contributed by atoms with Crippen molar-refractivity contribution in [2.75, 3.05) is 25.0 Å². The molecule has 0 spiro atoms. The van der Waals surface area contributed by atoms with E-state index in [1.165, 1.54) is 0 Å². The maximum absolute atomic E-state index is 13.7. The molecule has 1 aromatic rings. The van der Waals surface area contributed by atoms with Crippen LogP contribution in [0.2, 0.25) is 0 Å². The summed E-state index contributed by atoms with van der Waals surface area (Å²) in [5.41, 5.74) is -0.0444. The molecule has 1 saturated carbocycles. The van der Waals surface area contributed by atoms with Gasteiger partial charge in [0.2, 0.25) is 5.91 Å². The normalized spacial score (nSPS) is 24.8. The third kappa shape index (κ3) is 4.72. The number of nitrogens with one attached hydrogen (secondary N) is 2. The first-order valence-electron chi connectivity index (χ1n) is 9.28. The van der Waals surface area contributed by atoms with Gasteiger partial charge < -0.3 is 15.5 Å². The van der Waals surface area contributed by atoms with Gasteiger partial charge in [-0.2, -0.15) is 5.26 Å². The molecule has 3 rings (SSSR count). The second-order valence-electron chi connectivity index (χ2n) is 7.26. The lowest BCUT2D eigenvalue weighted by atomic mass is 10.1. The molecule has 2 unspecified atom stereocenters. The minimum Gasteiger partial charge on any atom is -0.382 e. The third-order valence-corrected chi connectivity index (χ3v) is 5.40. The summed E-state index contributed by atoms with van der Waals surface area (Å²) >= 11 is 0. The molecule has 1 aromatic carbocycles. The standard InChI is InChI=1S/C19H23F3N4O/c20-15-7-17(22)18(8-16(15)21)25-10-12-3-4-13(6-12)24-11-19(27)26-5-1-2-14(26)9-23/h7-8,12-14,24-25H,1-6,10-11H2/t12?,13?,14-/m0/s1. The molecule has 3 atom stereocenters. The fourth-order valence-corrected chi connectivity index (χ4v) is 3.89. The zero-order chi connectivity index (χ0) is 19.4. The third-order valence-electron chi connectivity index (χ3n) is 5.40. The Morgan fingerprint density at radius 2 is 1.96 bits per heavy atom. The Morgan fingerprint density at radius 1 is 1.19 bits per heavy atom. The number of rotatable bonds is 6. The largest absolute Gasteiger partial charge is 0.382 e. The van der Waals surface area contributed by atoms with E-state index in [2.05, 4.69) is 16.7 Å². The lowest BCUT2D eigenvalue weighted by Gasteiger charge is -2.21. The highest BCUT2D eigenvalue weighted by molar-refractivity contribution is 5.79. The van der Waals surface area contributed by atoms with Crippen LogP contribution < -0.4 is 10.6 Å². The summed E-state index contributed by atoms with van der Waals surface area (Å²) in [5.74, 6) is -2.90.